The van der Waals surface area contributed by atoms with Gasteiger partial charge in [-0.05, 0) is 80.3 Å². The van der Waals surface area contributed by atoms with E-state index >= 15 is 0 Å². The van der Waals surface area contributed by atoms with Gasteiger partial charge in [-0.25, -0.2) is 9.78 Å². The monoisotopic (exact) mass is 532 g/mol. The summed E-state index contributed by atoms with van der Waals surface area (Å²) in [6.07, 6.45) is 2.32. The van der Waals surface area contributed by atoms with E-state index in [1.54, 1.807) is 4.90 Å². The van der Waals surface area contributed by atoms with Gasteiger partial charge in [0.25, 0.3) is 5.91 Å². The summed E-state index contributed by atoms with van der Waals surface area (Å²) >= 11 is 6.54. The number of nitrogens with zero attached hydrogens (tertiary/aromatic N) is 2. The van der Waals surface area contributed by atoms with Crippen LogP contribution in [0.1, 0.15) is 61.0 Å². The molecular weight excluding hydrogens is 500 g/mol. The lowest BCUT2D eigenvalue weighted by atomic mass is 9.88. The number of nitrogen functional groups attached to an aromatic ring is 1. The minimum absolute atomic E-state index is 0.0451. The Morgan fingerprint density at radius 1 is 1.03 bits per heavy atom. The van der Waals surface area contributed by atoms with Crippen LogP contribution in [0, 0.1) is 0 Å². The van der Waals surface area contributed by atoms with E-state index in [-0.39, 0.29) is 12.0 Å². The van der Waals surface area contributed by atoms with Crippen molar-refractivity contribution in [2.75, 3.05) is 25.4 Å². The molecule has 7 nitrogen and oxygen atoms in total. The van der Waals surface area contributed by atoms with E-state index in [1.165, 1.54) is 5.56 Å². The zero-order chi connectivity index (χ0) is 27.0. The number of nitrogens with one attached hydrogen (secondary N) is 1. The Morgan fingerprint density at radius 3 is 2.39 bits per heavy atom. The standard InChI is InChI=1S/C30H33ClN4O3/c1-30(2,3)38-29(37)35-14-11-19(12-15-35)18-4-6-20(7-5-18)24-17-25(27(32)34-26(24)31)21-8-9-23-22(16-21)10-13-33-28(23)36/h4-9,16-17,19H,10-15H2,1-3H3,(H2,32,34)(H,33,36). The molecule has 1 fully saturated rings. The maximum atomic E-state index is 12.4. The number of anilines is 1. The third kappa shape index (κ3) is 5.48. The number of rotatable bonds is 3. The lowest BCUT2D eigenvalue weighted by molar-refractivity contribution is 0.0204. The van der Waals surface area contributed by atoms with Crippen molar-refractivity contribution in [3.05, 3.63) is 70.4 Å². The number of fused-ring (bicyclic) bond motifs is 1. The zero-order valence-electron chi connectivity index (χ0n) is 22.0. The van der Waals surface area contributed by atoms with Gasteiger partial charge in [0.05, 0.1) is 0 Å². The molecule has 3 aromatic rings. The fourth-order valence-corrected chi connectivity index (χ4v) is 5.44. The molecule has 5 rings (SSSR count). The van der Waals surface area contributed by atoms with Crippen LogP contribution >= 0.6 is 11.6 Å². The van der Waals surface area contributed by atoms with Gasteiger partial charge in [-0.3, -0.25) is 4.79 Å². The Bertz CT molecular complexity index is 1370. The Kier molecular flexibility index (Phi) is 7.05. The van der Waals surface area contributed by atoms with Crippen molar-refractivity contribution in [2.45, 2.75) is 51.6 Å². The minimum atomic E-state index is -0.488. The number of likely N-dealkylation sites (tertiary alicyclic amines) is 1. The summed E-state index contributed by atoms with van der Waals surface area (Å²) in [5.74, 6) is 0.689. The summed E-state index contributed by atoms with van der Waals surface area (Å²) in [4.78, 5) is 30.7. The molecule has 198 valence electrons. The molecule has 2 aromatic carbocycles. The zero-order valence-corrected chi connectivity index (χ0v) is 22.8. The number of carbonyl (C=O) groups is 2. The van der Waals surface area contributed by atoms with Crippen LogP contribution in [0.2, 0.25) is 5.15 Å². The summed E-state index contributed by atoms with van der Waals surface area (Å²) in [7, 11) is 0. The highest BCUT2D eigenvalue weighted by atomic mass is 35.5. The number of hydrogen-bond donors (Lipinski definition) is 2. The fourth-order valence-electron chi connectivity index (χ4n) is 5.19. The van der Waals surface area contributed by atoms with Crippen molar-refractivity contribution >= 4 is 29.4 Å². The van der Waals surface area contributed by atoms with Gasteiger partial charge >= 0.3 is 6.09 Å². The number of halogens is 1. The molecule has 2 aliphatic heterocycles. The van der Waals surface area contributed by atoms with Gasteiger partial charge < -0.3 is 20.7 Å². The van der Waals surface area contributed by atoms with E-state index in [1.807, 2.05) is 45.0 Å². The second-order valence-corrected chi connectivity index (χ2v) is 11.4. The number of pyridine rings is 1. The molecule has 0 atom stereocenters. The number of hydrogen-bond acceptors (Lipinski definition) is 5. The summed E-state index contributed by atoms with van der Waals surface area (Å²) in [6.45, 7) is 7.65. The van der Waals surface area contributed by atoms with Crippen LogP contribution in [0.5, 0.6) is 0 Å². The number of nitrogens with two attached hydrogens (primary N) is 1. The topological polar surface area (TPSA) is 97.5 Å². The molecular formula is C30H33ClN4O3. The number of amides is 2. The molecule has 0 bridgehead atoms. The molecule has 0 saturated carbocycles. The highest BCUT2D eigenvalue weighted by Crippen LogP contribution is 2.37. The summed E-state index contributed by atoms with van der Waals surface area (Å²) < 4.78 is 5.52. The predicted molar refractivity (Wildman–Crippen MR) is 150 cm³/mol. The van der Waals surface area contributed by atoms with Gasteiger partial charge in [0.1, 0.15) is 16.6 Å². The third-order valence-corrected chi connectivity index (χ3v) is 7.47. The SMILES string of the molecule is CC(C)(C)OC(=O)N1CCC(c2ccc(-c3cc(-c4ccc5c(c4)CCNC5=O)c(N)nc3Cl)cc2)CC1. The van der Waals surface area contributed by atoms with Crippen molar-refractivity contribution < 1.29 is 14.3 Å². The van der Waals surface area contributed by atoms with Gasteiger partial charge in [0.15, 0.2) is 0 Å². The van der Waals surface area contributed by atoms with Gasteiger partial charge in [-0.2, -0.15) is 0 Å². The lowest BCUT2D eigenvalue weighted by Crippen LogP contribution is -2.41. The van der Waals surface area contributed by atoms with Gasteiger partial charge in [-0.15, -0.1) is 0 Å². The molecule has 3 N–H and O–H groups in total. The van der Waals surface area contributed by atoms with Crippen LogP contribution in [0.3, 0.4) is 0 Å². The number of benzene rings is 2. The normalized spacial score (nSPS) is 16.1. The third-order valence-electron chi connectivity index (χ3n) is 7.19. The smallest absolute Gasteiger partial charge is 0.410 e. The number of carbonyl (C=O) groups excluding carboxylic acids is 2. The van der Waals surface area contributed by atoms with E-state index in [0.29, 0.717) is 42.1 Å². The molecule has 0 radical (unpaired) electrons. The molecule has 3 heterocycles. The molecule has 0 unspecified atom stereocenters. The average molecular weight is 533 g/mol. The summed E-state index contributed by atoms with van der Waals surface area (Å²) in [6, 6.07) is 16.1. The maximum absolute atomic E-state index is 12.4. The second kappa shape index (κ2) is 10.3. The van der Waals surface area contributed by atoms with Gasteiger partial charge in [0.2, 0.25) is 0 Å². The van der Waals surface area contributed by atoms with Crippen molar-refractivity contribution in [1.82, 2.24) is 15.2 Å². The summed E-state index contributed by atoms with van der Waals surface area (Å²) in [5, 5.41) is 3.22. The first-order chi connectivity index (χ1) is 18.1. The Labute approximate surface area is 228 Å². The van der Waals surface area contributed by atoms with E-state index in [9.17, 15) is 9.59 Å². The average Bonchev–Trinajstić information content (AvgIpc) is 2.88. The van der Waals surface area contributed by atoms with Gasteiger partial charge in [-0.1, -0.05) is 48.0 Å². The van der Waals surface area contributed by atoms with Crippen molar-refractivity contribution in [2.24, 2.45) is 0 Å². The molecule has 8 heteroatoms. The quantitative estimate of drug-likeness (QED) is 0.400. The first kappa shape index (κ1) is 26.0. The van der Waals surface area contributed by atoms with Crippen LogP contribution < -0.4 is 11.1 Å². The molecule has 1 aromatic heterocycles. The lowest BCUT2D eigenvalue weighted by Gasteiger charge is -2.33. The van der Waals surface area contributed by atoms with Crippen molar-refractivity contribution in [3.63, 3.8) is 0 Å². The van der Waals surface area contributed by atoms with Crippen LogP contribution in [-0.2, 0) is 11.2 Å². The molecule has 2 aliphatic rings. The van der Waals surface area contributed by atoms with Crippen molar-refractivity contribution in [3.8, 4) is 22.3 Å². The van der Waals surface area contributed by atoms with E-state index in [2.05, 4.69) is 34.6 Å². The molecule has 2 amide bonds. The van der Waals surface area contributed by atoms with Gasteiger partial charge in [0, 0.05) is 36.3 Å². The summed E-state index contributed by atoms with van der Waals surface area (Å²) in [5.41, 5.74) is 12.2. The predicted octanol–water partition coefficient (Wildman–Crippen LogP) is 6.05. The second-order valence-electron chi connectivity index (χ2n) is 11.0. The van der Waals surface area contributed by atoms with Crippen LogP contribution in [-0.4, -0.2) is 47.1 Å². The van der Waals surface area contributed by atoms with Crippen molar-refractivity contribution in [1.29, 1.82) is 0 Å². The minimum Gasteiger partial charge on any atom is -0.444 e. The highest BCUT2D eigenvalue weighted by molar-refractivity contribution is 6.32. The molecule has 38 heavy (non-hydrogen) atoms. The molecule has 0 aliphatic carbocycles. The first-order valence-corrected chi connectivity index (χ1v) is 13.4. The fraction of sp³-hybridized carbons (Fsp3) is 0.367. The van der Waals surface area contributed by atoms with E-state index < -0.39 is 5.60 Å². The first-order valence-electron chi connectivity index (χ1n) is 13.0. The van der Waals surface area contributed by atoms with E-state index in [0.717, 1.165) is 47.1 Å². The Balaban J connectivity index is 1.33. The van der Waals surface area contributed by atoms with Crippen LogP contribution in [0.15, 0.2) is 48.5 Å². The maximum Gasteiger partial charge on any atom is 0.410 e. The number of ether oxygens (including phenoxy) is 1. The Hall–Kier alpha value is -3.58. The molecule has 0 spiro atoms. The largest absolute Gasteiger partial charge is 0.444 e. The number of aromatic nitrogens is 1. The highest BCUT2D eigenvalue weighted by Gasteiger charge is 2.27. The molecule has 1 saturated heterocycles. The van der Waals surface area contributed by atoms with Crippen LogP contribution in [0.4, 0.5) is 10.6 Å². The van der Waals surface area contributed by atoms with E-state index in [4.69, 9.17) is 22.1 Å². The Morgan fingerprint density at radius 2 is 1.71 bits per heavy atom. The number of piperidine rings is 1. The van der Waals surface area contributed by atoms with Crippen LogP contribution in [0.25, 0.3) is 22.3 Å².